The summed E-state index contributed by atoms with van der Waals surface area (Å²) in [5, 5.41) is 6.93. The van der Waals surface area contributed by atoms with Crippen LogP contribution in [0.3, 0.4) is 0 Å². The molecule has 2 aliphatic heterocycles. The van der Waals surface area contributed by atoms with E-state index in [9.17, 15) is 0 Å². The highest BCUT2D eigenvalue weighted by molar-refractivity contribution is 14.0. The Balaban J connectivity index is 0.00000338. The number of guanidine groups is 1. The van der Waals surface area contributed by atoms with Crippen LogP contribution in [-0.4, -0.2) is 74.3 Å². The van der Waals surface area contributed by atoms with Crippen molar-refractivity contribution in [2.45, 2.75) is 56.6 Å². The second-order valence-corrected chi connectivity index (χ2v) is 8.51. The van der Waals surface area contributed by atoms with E-state index in [1.807, 2.05) is 11.8 Å². The summed E-state index contributed by atoms with van der Waals surface area (Å²) in [5.41, 5.74) is 0. The number of nitrogens with zero attached hydrogens (tertiary/aromatic N) is 2. The standard InChI is InChI=1S/C19H38N4OS.HI/c1-3-20-18(22-17-19(25-2)9-15-24-16-10-19)21-11-8-14-23-12-6-4-5-7-13-23;/h3-17H2,1-2H3,(H2,20,21,22);1H. The molecule has 0 spiro atoms. The number of ether oxygens (including phenoxy) is 1. The van der Waals surface area contributed by atoms with E-state index in [0.717, 1.165) is 51.6 Å². The molecule has 154 valence electrons. The van der Waals surface area contributed by atoms with Gasteiger partial charge in [0.1, 0.15) is 0 Å². The molecular weight excluding hydrogens is 459 g/mol. The number of hydrogen-bond acceptors (Lipinski definition) is 4. The van der Waals surface area contributed by atoms with Crippen LogP contribution in [0.15, 0.2) is 4.99 Å². The summed E-state index contributed by atoms with van der Waals surface area (Å²) in [6.07, 6.45) is 11.2. The first-order valence-corrected chi connectivity index (χ1v) is 11.4. The van der Waals surface area contributed by atoms with Crippen molar-refractivity contribution in [3.05, 3.63) is 0 Å². The van der Waals surface area contributed by atoms with E-state index in [0.29, 0.717) is 0 Å². The molecule has 0 radical (unpaired) electrons. The minimum absolute atomic E-state index is 0. The molecule has 2 saturated heterocycles. The molecule has 2 N–H and O–H groups in total. The van der Waals surface area contributed by atoms with Crippen molar-refractivity contribution in [3.8, 4) is 0 Å². The lowest BCUT2D eigenvalue weighted by Gasteiger charge is -2.34. The summed E-state index contributed by atoms with van der Waals surface area (Å²) in [5.74, 6) is 0.971. The number of likely N-dealkylation sites (tertiary alicyclic amines) is 1. The normalized spacial score (nSPS) is 21.5. The monoisotopic (exact) mass is 498 g/mol. The molecule has 0 amide bonds. The molecule has 0 aliphatic carbocycles. The van der Waals surface area contributed by atoms with Crippen molar-refractivity contribution in [1.82, 2.24) is 15.5 Å². The zero-order chi connectivity index (χ0) is 17.8. The van der Waals surface area contributed by atoms with Crippen molar-refractivity contribution in [3.63, 3.8) is 0 Å². The van der Waals surface area contributed by atoms with Gasteiger partial charge in [-0.25, -0.2) is 0 Å². The number of thioether (sulfide) groups is 1. The fourth-order valence-corrected chi connectivity index (χ4v) is 4.37. The SMILES string of the molecule is CCNC(=NCC1(SC)CCOCC1)NCCCN1CCCCCC1.I. The number of hydrogen-bond donors (Lipinski definition) is 2. The van der Waals surface area contributed by atoms with Crippen molar-refractivity contribution < 1.29 is 4.74 Å². The van der Waals surface area contributed by atoms with E-state index >= 15 is 0 Å². The van der Waals surface area contributed by atoms with E-state index in [4.69, 9.17) is 9.73 Å². The quantitative estimate of drug-likeness (QED) is 0.233. The minimum atomic E-state index is 0. The minimum Gasteiger partial charge on any atom is -0.381 e. The zero-order valence-electron chi connectivity index (χ0n) is 16.7. The van der Waals surface area contributed by atoms with Gasteiger partial charge in [-0.15, -0.1) is 24.0 Å². The molecular formula is C19H39IN4OS. The molecule has 0 aromatic carbocycles. The maximum absolute atomic E-state index is 5.53. The molecule has 26 heavy (non-hydrogen) atoms. The molecule has 0 bridgehead atoms. The number of halogens is 1. The van der Waals surface area contributed by atoms with Crippen molar-refractivity contribution in [2.24, 2.45) is 4.99 Å². The highest BCUT2D eigenvalue weighted by atomic mass is 127. The van der Waals surface area contributed by atoms with Crippen molar-refractivity contribution >= 4 is 41.7 Å². The molecule has 0 aromatic rings. The molecule has 7 heteroatoms. The lowest BCUT2D eigenvalue weighted by atomic mass is 9.99. The molecule has 0 unspecified atom stereocenters. The number of rotatable bonds is 8. The topological polar surface area (TPSA) is 48.9 Å². The maximum Gasteiger partial charge on any atom is 0.191 e. The zero-order valence-corrected chi connectivity index (χ0v) is 19.9. The largest absolute Gasteiger partial charge is 0.381 e. The van der Waals surface area contributed by atoms with Gasteiger partial charge in [-0.3, -0.25) is 4.99 Å². The maximum atomic E-state index is 5.53. The van der Waals surface area contributed by atoms with Gasteiger partial charge in [-0.05, 0) is 64.9 Å². The second kappa shape index (κ2) is 14.3. The van der Waals surface area contributed by atoms with Gasteiger partial charge in [0.25, 0.3) is 0 Å². The van der Waals surface area contributed by atoms with Gasteiger partial charge in [0, 0.05) is 31.1 Å². The molecule has 2 heterocycles. The molecule has 2 fully saturated rings. The van der Waals surface area contributed by atoms with E-state index < -0.39 is 0 Å². The van der Waals surface area contributed by atoms with Gasteiger partial charge in [0.15, 0.2) is 5.96 Å². The van der Waals surface area contributed by atoms with Gasteiger partial charge in [-0.2, -0.15) is 11.8 Å². The van der Waals surface area contributed by atoms with Gasteiger partial charge in [-0.1, -0.05) is 12.8 Å². The smallest absolute Gasteiger partial charge is 0.191 e. The van der Waals surface area contributed by atoms with Crippen LogP contribution in [0.25, 0.3) is 0 Å². The highest BCUT2D eigenvalue weighted by Crippen LogP contribution is 2.33. The predicted octanol–water partition coefficient (Wildman–Crippen LogP) is 3.34. The lowest BCUT2D eigenvalue weighted by Crippen LogP contribution is -2.41. The van der Waals surface area contributed by atoms with Crippen LogP contribution < -0.4 is 10.6 Å². The van der Waals surface area contributed by atoms with Crippen LogP contribution in [0.4, 0.5) is 0 Å². The van der Waals surface area contributed by atoms with Crippen LogP contribution in [0.5, 0.6) is 0 Å². The number of nitrogens with one attached hydrogen (secondary N) is 2. The number of aliphatic imine (C=N–C) groups is 1. The van der Waals surface area contributed by atoms with Crippen LogP contribution in [0.2, 0.25) is 0 Å². The average Bonchev–Trinajstić information content (AvgIpc) is 2.93. The van der Waals surface area contributed by atoms with E-state index in [1.165, 1.54) is 51.7 Å². The van der Waals surface area contributed by atoms with Crippen molar-refractivity contribution in [1.29, 1.82) is 0 Å². The lowest BCUT2D eigenvalue weighted by molar-refractivity contribution is 0.0794. The Bertz CT molecular complexity index is 384. The first-order valence-electron chi connectivity index (χ1n) is 10.2. The van der Waals surface area contributed by atoms with E-state index in [1.54, 1.807) is 0 Å². The Morgan fingerprint density at radius 1 is 1.12 bits per heavy atom. The molecule has 2 aliphatic rings. The molecule has 0 aromatic heterocycles. The third-order valence-electron chi connectivity index (χ3n) is 5.35. The summed E-state index contributed by atoms with van der Waals surface area (Å²) >= 11 is 1.95. The van der Waals surface area contributed by atoms with Gasteiger partial charge < -0.3 is 20.3 Å². The summed E-state index contributed by atoms with van der Waals surface area (Å²) in [6, 6.07) is 0. The first kappa shape index (κ1) is 24.3. The van der Waals surface area contributed by atoms with Crippen LogP contribution in [0.1, 0.15) is 51.9 Å². The Morgan fingerprint density at radius 2 is 1.81 bits per heavy atom. The first-order chi connectivity index (χ1) is 12.3. The van der Waals surface area contributed by atoms with Gasteiger partial charge in [0.05, 0.1) is 6.54 Å². The average molecular weight is 499 g/mol. The van der Waals surface area contributed by atoms with E-state index in [2.05, 4.69) is 28.7 Å². The van der Waals surface area contributed by atoms with Gasteiger partial charge >= 0.3 is 0 Å². The van der Waals surface area contributed by atoms with Crippen LogP contribution in [0, 0.1) is 0 Å². The second-order valence-electron chi connectivity index (χ2n) is 7.23. The van der Waals surface area contributed by atoms with Crippen molar-refractivity contribution in [2.75, 3.05) is 58.7 Å². The molecule has 0 saturated carbocycles. The Hall–Kier alpha value is 0.270. The fourth-order valence-electron chi connectivity index (χ4n) is 3.60. The Morgan fingerprint density at radius 3 is 2.42 bits per heavy atom. The Kier molecular flexibility index (Phi) is 13.4. The third kappa shape index (κ3) is 8.97. The summed E-state index contributed by atoms with van der Waals surface area (Å²) in [6.45, 7) is 10.4. The predicted molar refractivity (Wildman–Crippen MR) is 125 cm³/mol. The van der Waals surface area contributed by atoms with E-state index in [-0.39, 0.29) is 28.7 Å². The summed E-state index contributed by atoms with van der Waals surface area (Å²) < 4.78 is 5.79. The van der Waals surface area contributed by atoms with Crippen LogP contribution >= 0.6 is 35.7 Å². The fraction of sp³-hybridized carbons (Fsp3) is 0.947. The third-order valence-corrected chi connectivity index (χ3v) is 6.75. The summed E-state index contributed by atoms with van der Waals surface area (Å²) in [4.78, 5) is 7.51. The molecule has 0 atom stereocenters. The highest BCUT2D eigenvalue weighted by Gasteiger charge is 2.31. The molecule has 5 nitrogen and oxygen atoms in total. The molecule has 2 rings (SSSR count). The van der Waals surface area contributed by atoms with Gasteiger partial charge in [0.2, 0.25) is 0 Å². The van der Waals surface area contributed by atoms with Crippen LogP contribution in [-0.2, 0) is 4.74 Å². The summed E-state index contributed by atoms with van der Waals surface area (Å²) in [7, 11) is 0. The Labute approximate surface area is 181 Å².